The molecule has 2 aromatic rings. The minimum atomic E-state index is -0.499. The van der Waals surface area contributed by atoms with Crippen LogP contribution in [0.25, 0.3) is 0 Å². The van der Waals surface area contributed by atoms with Gasteiger partial charge in [-0.3, -0.25) is 0 Å². The number of amides is 1. The number of ether oxygens (including phenoxy) is 2. The minimum Gasteiger partial charge on any atom is -0.486 e. The van der Waals surface area contributed by atoms with Gasteiger partial charge in [0, 0.05) is 17.6 Å². The first-order valence-electron chi connectivity index (χ1n) is 9.38. The number of benzene rings is 1. The third kappa shape index (κ3) is 6.01. The van der Waals surface area contributed by atoms with Crippen LogP contribution in [0.2, 0.25) is 4.47 Å². The average molecular weight is 424 g/mol. The molecule has 2 heterocycles. The first-order chi connectivity index (χ1) is 13.3. The van der Waals surface area contributed by atoms with Gasteiger partial charge >= 0.3 is 6.09 Å². The SMILES string of the molecule is CC(C)(C)OC(=O)N1CCCC(Oc2ccccc2NCc2cnc(Cl)s2)C1. The van der Waals surface area contributed by atoms with Crippen LogP contribution in [0.4, 0.5) is 10.5 Å². The van der Waals surface area contributed by atoms with E-state index in [-0.39, 0.29) is 12.2 Å². The third-order valence-corrected chi connectivity index (χ3v) is 5.30. The van der Waals surface area contributed by atoms with Gasteiger partial charge in [0.15, 0.2) is 4.47 Å². The zero-order valence-corrected chi connectivity index (χ0v) is 18.0. The van der Waals surface area contributed by atoms with Crippen LogP contribution in [0, 0.1) is 0 Å². The Labute approximate surface area is 174 Å². The van der Waals surface area contributed by atoms with Crippen molar-refractivity contribution < 1.29 is 14.3 Å². The van der Waals surface area contributed by atoms with Crippen molar-refractivity contribution in [3.63, 3.8) is 0 Å². The topological polar surface area (TPSA) is 63.7 Å². The molecule has 0 saturated carbocycles. The molecule has 0 radical (unpaired) electrons. The number of carbonyl (C=O) groups is 1. The van der Waals surface area contributed by atoms with Crippen molar-refractivity contribution in [1.82, 2.24) is 9.88 Å². The molecule has 6 nitrogen and oxygen atoms in total. The lowest BCUT2D eigenvalue weighted by atomic mass is 10.1. The molecule has 1 aromatic carbocycles. The van der Waals surface area contributed by atoms with Crippen LogP contribution in [-0.4, -0.2) is 40.8 Å². The van der Waals surface area contributed by atoms with Crippen LogP contribution in [0.3, 0.4) is 0 Å². The summed E-state index contributed by atoms with van der Waals surface area (Å²) in [7, 11) is 0. The maximum Gasteiger partial charge on any atom is 0.410 e. The molecule has 3 rings (SSSR count). The zero-order chi connectivity index (χ0) is 20.1. The van der Waals surface area contributed by atoms with Crippen LogP contribution < -0.4 is 10.1 Å². The van der Waals surface area contributed by atoms with Crippen LogP contribution >= 0.6 is 22.9 Å². The molecule has 152 valence electrons. The fourth-order valence-corrected chi connectivity index (χ4v) is 3.89. The predicted octanol–water partition coefficient (Wildman–Crippen LogP) is 5.19. The van der Waals surface area contributed by atoms with E-state index < -0.39 is 5.60 Å². The lowest BCUT2D eigenvalue weighted by molar-refractivity contribution is 0.00785. The number of hydrogen-bond donors (Lipinski definition) is 1. The quantitative estimate of drug-likeness (QED) is 0.717. The van der Waals surface area contributed by atoms with Crippen molar-refractivity contribution >= 4 is 34.7 Å². The Morgan fingerprint density at radius 3 is 2.89 bits per heavy atom. The Morgan fingerprint density at radius 2 is 2.18 bits per heavy atom. The molecule has 1 N–H and O–H groups in total. The van der Waals surface area contributed by atoms with E-state index in [4.69, 9.17) is 21.1 Å². The first-order valence-corrected chi connectivity index (χ1v) is 10.6. The lowest BCUT2D eigenvalue weighted by Crippen LogP contribution is -2.46. The molecule has 1 aromatic heterocycles. The highest BCUT2D eigenvalue weighted by molar-refractivity contribution is 7.15. The van der Waals surface area contributed by atoms with Gasteiger partial charge in [0.1, 0.15) is 17.5 Å². The first kappa shape index (κ1) is 20.7. The van der Waals surface area contributed by atoms with E-state index in [9.17, 15) is 4.79 Å². The number of halogens is 1. The number of rotatable bonds is 5. The van der Waals surface area contributed by atoms with Gasteiger partial charge in [-0.05, 0) is 45.7 Å². The van der Waals surface area contributed by atoms with Gasteiger partial charge in [-0.25, -0.2) is 9.78 Å². The van der Waals surface area contributed by atoms with Gasteiger partial charge in [-0.15, -0.1) is 11.3 Å². The number of nitrogens with one attached hydrogen (secondary N) is 1. The van der Waals surface area contributed by atoms with Gasteiger partial charge < -0.3 is 19.7 Å². The molecule has 0 aliphatic carbocycles. The monoisotopic (exact) mass is 423 g/mol. The predicted molar refractivity (Wildman–Crippen MR) is 112 cm³/mol. The lowest BCUT2D eigenvalue weighted by Gasteiger charge is -2.34. The van der Waals surface area contributed by atoms with E-state index in [1.807, 2.05) is 45.0 Å². The van der Waals surface area contributed by atoms with E-state index in [0.29, 0.717) is 24.1 Å². The summed E-state index contributed by atoms with van der Waals surface area (Å²) in [6, 6.07) is 7.82. The van der Waals surface area contributed by atoms with Crippen molar-refractivity contribution in [2.45, 2.75) is 51.9 Å². The fourth-order valence-electron chi connectivity index (χ4n) is 2.97. The van der Waals surface area contributed by atoms with E-state index in [1.165, 1.54) is 11.3 Å². The second kappa shape index (κ2) is 9.01. The number of aromatic nitrogens is 1. The van der Waals surface area contributed by atoms with Crippen molar-refractivity contribution in [3.05, 3.63) is 39.8 Å². The van der Waals surface area contributed by atoms with Gasteiger partial charge in [-0.2, -0.15) is 0 Å². The number of para-hydroxylation sites is 2. The van der Waals surface area contributed by atoms with Crippen molar-refractivity contribution in [3.8, 4) is 5.75 Å². The molecule has 8 heteroatoms. The molecular weight excluding hydrogens is 398 g/mol. The number of hydrogen-bond acceptors (Lipinski definition) is 6. The van der Waals surface area contributed by atoms with Crippen molar-refractivity contribution in [1.29, 1.82) is 0 Å². The number of carbonyl (C=O) groups excluding carboxylic acids is 1. The molecular formula is C20H26ClN3O3S. The Balaban J connectivity index is 1.60. The highest BCUT2D eigenvalue weighted by Crippen LogP contribution is 2.28. The standard InChI is InChI=1S/C20H26ClN3O3S/c1-20(2,3)27-19(25)24-10-6-7-14(13-24)26-17-9-5-4-8-16(17)22-11-15-12-23-18(21)28-15/h4-5,8-9,12,14,22H,6-7,10-11,13H2,1-3H3. The summed E-state index contributed by atoms with van der Waals surface area (Å²) in [5.74, 6) is 0.772. The zero-order valence-electron chi connectivity index (χ0n) is 16.4. The molecule has 1 atom stereocenters. The maximum absolute atomic E-state index is 12.4. The fraction of sp³-hybridized carbons (Fsp3) is 0.500. The van der Waals surface area contributed by atoms with Crippen LogP contribution in [0.5, 0.6) is 5.75 Å². The number of likely N-dealkylation sites (tertiary alicyclic amines) is 1. The van der Waals surface area contributed by atoms with Gasteiger partial charge in [-0.1, -0.05) is 23.7 Å². The number of anilines is 1. The number of nitrogens with zero attached hydrogens (tertiary/aromatic N) is 2. The number of piperidine rings is 1. The Hall–Kier alpha value is -1.99. The Morgan fingerprint density at radius 1 is 1.39 bits per heavy atom. The average Bonchev–Trinajstić information content (AvgIpc) is 3.05. The summed E-state index contributed by atoms with van der Waals surface area (Å²) in [5.41, 5.74) is 0.405. The summed E-state index contributed by atoms with van der Waals surface area (Å²) in [6.45, 7) is 7.47. The second-order valence-corrected chi connectivity index (χ2v) is 9.44. The van der Waals surface area contributed by atoms with E-state index >= 15 is 0 Å². The second-order valence-electron chi connectivity index (χ2n) is 7.74. The largest absolute Gasteiger partial charge is 0.486 e. The Kier molecular flexibility index (Phi) is 6.67. The molecule has 28 heavy (non-hydrogen) atoms. The van der Waals surface area contributed by atoms with Gasteiger partial charge in [0.25, 0.3) is 0 Å². The minimum absolute atomic E-state index is 0.0675. The third-order valence-electron chi connectivity index (χ3n) is 4.19. The van der Waals surface area contributed by atoms with Gasteiger partial charge in [0.2, 0.25) is 0 Å². The molecule has 0 bridgehead atoms. The smallest absolute Gasteiger partial charge is 0.410 e. The van der Waals surface area contributed by atoms with Crippen molar-refractivity contribution in [2.75, 3.05) is 18.4 Å². The van der Waals surface area contributed by atoms with Gasteiger partial charge in [0.05, 0.1) is 18.8 Å². The summed E-state index contributed by atoms with van der Waals surface area (Å²) >= 11 is 7.34. The normalized spacial score (nSPS) is 17.3. The highest BCUT2D eigenvalue weighted by Gasteiger charge is 2.28. The van der Waals surface area contributed by atoms with Crippen LogP contribution in [0.1, 0.15) is 38.5 Å². The summed E-state index contributed by atoms with van der Waals surface area (Å²) in [4.78, 5) is 19.2. The molecule has 0 spiro atoms. The molecule has 1 aliphatic heterocycles. The van der Waals surface area contributed by atoms with Crippen molar-refractivity contribution in [2.24, 2.45) is 0 Å². The maximum atomic E-state index is 12.4. The molecule has 1 amide bonds. The summed E-state index contributed by atoms with van der Waals surface area (Å²) in [5, 5.41) is 3.38. The summed E-state index contributed by atoms with van der Waals surface area (Å²) in [6.07, 6.45) is 3.21. The van der Waals surface area contributed by atoms with Crippen LogP contribution in [0.15, 0.2) is 30.5 Å². The molecule has 1 saturated heterocycles. The van der Waals surface area contributed by atoms with E-state index in [1.54, 1.807) is 11.1 Å². The molecule has 1 fully saturated rings. The Bertz CT molecular complexity index is 806. The van der Waals surface area contributed by atoms with Crippen LogP contribution in [-0.2, 0) is 11.3 Å². The highest BCUT2D eigenvalue weighted by atomic mass is 35.5. The molecule has 1 unspecified atom stereocenters. The summed E-state index contributed by atoms with van der Waals surface area (Å²) < 4.78 is 12.3. The number of thiazole rings is 1. The van der Waals surface area contributed by atoms with E-state index in [2.05, 4.69) is 10.3 Å². The molecule has 1 aliphatic rings. The van der Waals surface area contributed by atoms with E-state index in [0.717, 1.165) is 29.2 Å².